The lowest BCUT2D eigenvalue weighted by Crippen LogP contribution is -2.50. The first kappa shape index (κ1) is 12.4. The van der Waals surface area contributed by atoms with E-state index in [0.717, 1.165) is 23.7 Å². The van der Waals surface area contributed by atoms with Gasteiger partial charge in [-0.15, -0.1) is 0 Å². The predicted molar refractivity (Wildman–Crippen MR) is 70.4 cm³/mol. The molecule has 1 aliphatic carbocycles. The minimum atomic E-state index is 0.677. The highest BCUT2D eigenvalue weighted by Gasteiger charge is 2.45. The molecule has 0 aromatic heterocycles. The summed E-state index contributed by atoms with van der Waals surface area (Å²) in [7, 11) is 0. The van der Waals surface area contributed by atoms with Gasteiger partial charge in [0.05, 0.1) is 0 Å². The summed E-state index contributed by atoms with van der Waals surface area (Å²) in [6.07, 6.45) is 5.86. The maximum Gasteiger partial charge on any atom is -0.00127 e. The van der Waals surface area contributed by atoms with Gasteiger partial charge in [-0.3, -0.25) is 0 Å². The van der Waals surface area contributed by atoms with Gasteiger partial charge in [0.15, 0.2) is 0 Å². The largest absolute Gasteiger partial charge is 0.316 e. The zero-order chi connectivity index (χ0) is 11.8. The minimum Gasteiger partial charge on any atom is -0.316 e. The summed E-state index contributed by atoms with van der Waals surface area (Å²) in [6, 6.07) is 0. The molecule has 3 unspecified atom stereocenters. The SMILES string of the molecule is CC1CC(C)CC2(CCNCC2C(C)C)C1. The Hall–Kier alpha value is -0.0400. The highest BCUT2D eigenvalue weighted by molar-refractivity contribution is 4.97. The van der Waals surface area contributed by atoms with Crippen LogP contribution in [0, 0.1) is 29.1 Å². The molecule has 0 aromatic rings. The zero-order valence-electron chi connectivity index (χ0n) is 11.6. The lowest BCUT2D eigenvalue weighted by molar-refractivity contribution is -0.00809. The van der Waals surface area contributed by atoms with Crippen LogP contribution in [-0.4, -0.2) is 13.1 Å². The van der Waals surface area contributed by atoms with E-state index in [0.29, 0.717) is 5.41 Å². The summed E-state index contributed by atoms with van der Waals surface area (Å²) in [5.74, 6) is 3.64. The Morgan fingerprint density at radius 3 is 2.31 bits per heavy atom. The van der Waals surface area contributed by atoms with E-state index in [-0.39, 0.29) is 0 Å². The molecule has 0 bridgehead atoms. The van der Waals surface area contributed by atoms with Crippen LogP contribution in [0.15, 0.2) is 0 Å². The van der Waals surface area contributed by atoms with Gasteiger partial charge in [0.2, 0.25) is 0 Å². The summed E-state index contributed by atoms with van der Waals surface area (Å²) in [5.41, 5.74) is 0.677. The van der Waals surface area contributed by atoms with Crippen LogP contribution in [0.5, 0.6) is 0 Å². The molecule has 94 valence electrons. The predicted octanol–water partition coefficient (Wildman–Crippen LogP) is 3.69. The van der Waals surface area contributed by atoms with E-state index in [1.165, 1.54) is 38.8 Å². The maximum absolute atomic E-state index is 3.62. The summed E-state index contributed by atoms with van der Waals surface area (Å²) >= 11 is 0. The molecule has 2 rings (SSSR count). The van der Waals surface area contributed by atoms with Crippen molar-refractivity contribution in [2.75, 3.05) is 13.1 Å². The van der Waals surface area contributed by atoms with Gasteiger partial charge in [0, 0.05) is 0 Å². The smallest absolute Gasteiger partial charge is 0.00127 e. The first-order chi connectivity index (χ1) is 7.53. The van der Waals surface area contributed by atoms with E-state index in [1.807, 2.05) is 0 Å². The number of rotatable bonds is 1. The number of hydrogen-bond acceptors (Lipinski definition) is 1. The Balaban J connectivity index is 2.18. The van der Waals surface area contributed by atoms with E-state index < -0.39 is 0 Å². The van der Waals surface area contributed by atoms with Crippen LogP contribution >= 0.6 is 0 Å². The summed E-state index contributed by atoms with van der Waals surface area (Å²) in [6.45, 7) is 12.3. The van der Waals surface area contributed by atoms with Crippen molar-refractivity contribution in [1.29, 1.82) is 0 Å². The second-order valence-corrected chi connectivity index (χ2v) is 7.02. The summed E-state index contributed by atoms with van der Waals surface area (Å²) < 4.78 is 0. The molecular weight excluding hydrogens is 194 g/mol. The van der Waals surface area contributed by atoms with E-state index in [4.69, 9.17) is 0 Å². The maximum atomic E-state index is 3.62. The van der Waals surface area contributed by atoms with Crippen LogP contribution in [0.1, 0.15) is 53.4 Å². The molecule has 2 aliphatic rings. The molecule has 1 saturated carbocycles. The third kappa shape index (κ3) is 2.30. The van der Waals surface area contributed by atoms with E-state index in [1.54, 1.807) is 0 Å². The number of hydrogen-bond donors (Lipinski definition) is 1. The minimum absolute atomic E-state index is 0.677. The van der Waals surface area contributed by atoms with Gasteiger partial charge in [-0.05, 0) is 67.9 Å². The molecule has 1 heteroatoms. The quantitative estimate of drug-likeness (QED) is 0.715. The fourth-order valence-corrected chi connectivity index (χ4v) is 4.77. The molecule has 3 atom stereocenters. The third-order valence-corrected chi connectivity index (χ3v) is 5.07. The Kier molecular flexibility index (Phi) is 3.63. The second-order valence-electron chi connectivity index (χ2n) is 7.02. The van der Waals surface area contributed by atoms with Crippen molar-refractivity contribution in [2.24, 2.45) is 29.1 Å². The van der Waals surface area contributed by atoms with Crippen molar-refractivity contribution in [3.05, 3.63) is 0 Å². The van der Waals surface area contributed by atoms with Gasteiger partial charge in [-0.25, -0.2) is 0 Å². The number of piperidine rings is 1. The molecule has 1 heterocycles. The Morgan fingerprint density at radius 2 is 1.75 bits per heavy atom. The lowest BCUT2D eigenvalue weighted by Gasteiger charge is -2.52. The fraction of sp³-hybridized carbons (Fsp3) is 1.00. The van der Waals surface area contributed by atoms with Crippen LogP contribution in [-0.2, 0) is 0 Å². The normalized spacial score (nSPS) is 45.2. The van der Waals surface area contributed by atoms with Crippen LogP contribution < -0.4 is 5.32 Å². The standard InChI is InChI=1S/C15H29N/c1-11(2)14-10-16-6-5-15(14)8-12(3)7-13(4)9-15/h11-14,16H,5-10H2,1-4H3. The first-order valence-corrected chi connectivity index (χ1v) is 7.24. The van der Waals surface area contributed by atoms with E-state index >= 15 is 0 Å². The van der Waals surface area contributed by atoms with Crippen molar-refractivity contribution < 1.29 is 0 Å². The van der Waals surface area contributed by atoms with Crippen molar-refractivity contribution >= 4 is 0 Å². The fourth-order valence-electron chi connectivity index (χ4n) is 4.77. The van der Waals surface area contributed by atoms with E-state index in [9.17, 15) is 0 Å². The molecule has 1 saturated heterocycles. The summed E-state index contributed by atoms with van der Waals surface area (Å²) in [4.78, 5) is 0. The van der Waals surface area contributed by atoms with Gasteiger partial charge < -0.3 is 5.32 Å². The topological polar surface area (TPSA) is 12.0 Å². The van der Waals surface area contributed by atoms with Gasteiger partial charge in [-0.2, -0.15) is 0 Å². The van der Waals surface area contributed by atoms with Crippen molar-refractivity contribution in [2.45, 2.75) is 53.4 Å². The molecular formula is C15H29N. The molecule has 16 heavy (non-hydrogen) atoms. The van der Waals surface area contributed by atoms with Gasteiger partial charge in [0.25, 0.3) is 0 Å². The monoisotopic (exact) mass is 223 g/mol. The Morgan fingerprint density at radius 1 is 1.12 bits per heavy atom. The van der Waals surface area contributed by atoms with Crippen molar-refractivity contribution in [1.82, 2.24) is 5.32 Å². The number of nitrogens with one attached hydrogen (secondary N) is 1. The van der Waals surface area contributed by atoms with Crippen LogP contribution in [0.2, 0.25) is 0 Å². The molecule has 0 radical (unpaired) electrons. The molecule has 1 N–H and O–H groups in total. The average molecular weight is 223 g/mol. The van der Waals surface area contributed by atoms with Crippen molar-refractivity contribution in [3.8, 4) is 0 Å². The molecule has 1 nitrogen and oxygen atoms in total. The van der Waals surface area contributed by atoms with Gasteiger partial charge >= 0.3 is 0 Å². The van der Waals surface area contributed by atoms with Gasteiger partial charge in [0.1, 0.15) is 0 Å². The van der Waals surface area contributed by atoms with Crippen LogP contribution in [0.4, 0.5) is 0 Å². The third-order valence-electron chi connectivity index (χ3n) is 5.07. The first-order valence-electron chi connectivity index (χ1n) is 7.24. The van der Waals surface area contributed by atoms with Crippen molar-refractivity contribution in [3.63, 3.8) is 0 Å². The molecule has 0 aromatic carbocycles. The molecule has 1 aliphatic heterocycles. The Labute approximate surface area is 101 Å². The van der Waals surface area contributed by atoms with Gasteiger partial charge in [-0.1, -0.05) is 27.7 Å². The second kappa shape index (κ2) is 4.68. The van der Waals surface area contributed by atoms with Crippen LogP contribution in [0.25, 0.3) is 0 Å². The zero-order valence-corrected chi connectivity index (χ0v) is 11.6. The molecule has 0 amide bonds. The van der Waals surface area contributed by atoms with E-state index in [2.05, 4.69) is 33.0 Å². The molecule has 2 fully saturated rings. The average Bonchev–Trinajstić information content (AvgIpc) is 2.15. The Bertz CT molecular complexity index is 224. The molecule has 1 spiro atoms. The van der Waals surface area contributed by atoms with Crippen LogP contribution in [0.3, 0.4) is 0 Å². The highest BCUT2D eigenvalue weighted by Crippen LogP contribution is 2.52. The summed E-state index contributed by atoms with van der Waals surface area (Å²) in [5, 5.41) is 3.62. The lowest BCUT2D eigenvalue weighted by atomic mass is 9.55. The highest BCUT2D eigenvalue weighted by atomic mass is 14.9.